The normalized spacial score (nSPS) is 9.80. The van der Waals surface area contributed by atoms with Crippen LogP contribution >= 0.6 is 22.9 Å². The lowest BCUT2D eigenvalue weighted by atomic mass is 10.6. The van der Waals surface area contributed by atoms with E-state index in [0.29, 0.717) is 10.0 Å². The molecular formula is C5H4ClNO2S. The number of carbonyl (C=O) groups is 1. The van der Waals surface area contributed by atoms with Crippen molar-refractivity contribution in [1.82, 2.24) is 4.98 Å². The maximum Gasteiger partial charge on any atom is 0.365 e. The summed E-state index contributed by atoms with van der Waals surface area (Å²) in [7, 11) is 0. The molecule has 0 aliphatic rings. The van der Waals surface area contributed by atoms with E-state index in [-0.39, 0.29) is 5.01 Å². The quantitative estimate of drug-likeness (QED) is 0.712. The lowest BCUT2D eigenvalue weighted by Crippen LogP contribution is -1.93. The molecule has 3 nitrogen and oxygen atoms in total. The van der Waals surface area contributed by atoms with Crippen LogP contribution < -0.4 is 0 Å². The highest BCUT2D eigenvalue weighted by Gasteiger charge is 2.10. The molecule has 1 rings (SSSR count). The zero-order valence-corrected chi connectivity index (χ0v) is 6.66. The molecule has 1 heterocycles. The summed E-state index contributed by atoms with van der Waals surface area (Å²) in [6.07, 6.45) is 0. The lowest BCUT2D eigenvalue weighted by molar-refractivity contribution is 0.0696. The van der Waals surface area contributed by atoms with Crippen molar-refractivity contribution in [3.63, 3.8) is 0 Å². The number of rotatable bonds is 1. The van der Waals surface area contributed by atoms with Gasteiger partial charge in [-0.05, 0) is 6.92 Å². The van der Waals surface area contributed by atoms with E-state index < -0.39 is 5.97 Å². The first kappa shape index (κ1) is 7.50. The second-order valence-corrected chi connectivity index (χ2v) is 3.28. The van der Waals surface area contributed by atoms with Crippen molar-refractivity contribution < 1.29 is 9.90 Å². The van der Waals surface area contributed by atoms with E-state index in [4.69, 9.17) is 16.7 Å². The van der Waals surface area contributed by atoms with Gasteiger partial charge in [0.1, 0.15) is 4.34 Å². The van der Waals surface area contributed by atoms with Crippen LogP contribution in [0.4, 0.5) is 0 Å². The van der Waals surface area contributed by atoms with Crippen LogP contribution in [0.5, 0.6) is 0 Å². The molecule has 0 radical (unpaired) electrons. The molecule has 0 fully saturated rings. The molecule has 1 N–H and O–H groups in total. The average molecular weight is 178 g/mol. The van der Waals surface area contributed by atoms with Gasteiger partial charge in [-0.15, -0.1) is 0 Å². The van der Waals surface area contributed by atoms with Crippen molar-refractivity contribution in [2.24, 2.45) is 0 Å². The third-order valence-electron chi connectivity index (χ3n) is 0.923. The minimum atomic E-state index is -1.03. The van der Waals surface area contributed by atoms with Crippen molar-refractivity contribution in [2.45, 2.75) is 6.92 Å². The Morgan fingerprint density at radius 2 is 2.40 bits per heavy atom. The number of hydrogen-bond donors (Lipinski definition) is 1. The SMILES string of the molecule is Cc1nc(C(=O)O)sc1Cl. The van der Waals surface area contributed by atoms with Crippen LogP contribution in [0.1, 0.15) is 15.5 Å². The molecule has 0 unspecified atom stereocenters. The summed E-state index contributed by atoms with van der Waals surface area (Å²) >= 11 is 6.54. The summed E-state index contributed by atoms with van der Waals surface area (Å²) in [5.74, 6) is -1.03. The number of hydrogen-bond acceptors (Lipinski definition) is 3. The standard InChI is InChI=1S/C5H4ClNO2S/c1-2-3(6)10-4(7-2)5(8)9/h1H3,(H,8,9). The minimum absolute atomic E-state index is 0.0440. The Kier molecular flexibility index (Phi) is 1.92. The lowest BCUT2D eigenvalue weighted by Gasteiger charge is -1.78. The maximum atomic E-state index is 10.3. The molecule has 5 heteroatoms. The highest BCUT2D eigenvalue weighted by Crippen LogP contribution is 2.22. The number of aryl methyl sites for hydroxylation is 1. The molecule has 0 spiro atoms. The Hall–Kier alpha value is -0.610. The summed E-state index contributed by atoms with van der Waals surface area (Å²) in [5.41, 5.74) is 0.573. The zero-order valence-electron chi connectivity index (χ0n) is 5.09. The minimum Gasteiger partial charge on any atom is -0.476 e. The second-order valence-electron chi connectivity index (χ2n) is 1.68. The van der Waals surface area contributed by atoms with Gasteiger partial charge in [0.25, 0.3) is 0 Å². The number of aromatic nitrogens is 1. The van der Waals surface area contributed by atoms with Gasteiger partial charge in [0.05, 0.1) is 5.69 Å². The van der Waals surface area contributed by atoms with Gasteiger partial charge in [-0.25, -0.2) is 9.78 Å². The predicted octanol–water partition coefficient (Wildman–Crippen LogP) is 1.80. The van der Waals surface area contributed by atoms with E-state index in [9.17, 15) is 4.79 Å². The Balaban J connectivity index is 3.10. The van der Waals surface area contributed by atoms with E-state index in [1.807, 2.05) is 0 Å². The Morgan fingerprint density at radius 1 is 1.80 bits per heavy atom. The van der Waals surface area contributed by atoms with E-state index in [2.05, 4.69) is 4.98 Å². The fraction of sp³-hybridized carbons (Fsp3) is 0.200. The van der Waals surface area contributed by atoms with Crippen LogP contribution in [0.2, 0.25) is 4.34 Å². The molecule has 0 atom stereocenters. The number of nitrogens with zero attached hydrogens (tertiary/aromatic N) is 1. The van der Waals surface area contributed by atoms with Crippen molar-refractivity contribution in [1.29, 1.82) is 0 Å². The Bertz CT molecular complexity index is 251. The van der Waals surface area contributed by atoms with Gasteiger partial charge in [0.2, 0.25) is 5.01 Å². The van der Waals surface area contributed by atoms with Gasteiger partial charge in [-0.1, -0.05) is 22.9 Å². The average Bonchev–Trinajstić information content (AvgIpc) is 2.13. The van der Waals surface area contributed by atoms with Gasteiger partial charge in [-0.3, -0.25) is 0 Å². The Labute approximate surface area is 66.3 Å². The first-order valence-electron chi connectivity index (χ1n) is 2.47. The van der Waals surface area contributed by atoms with Gasteiger partial charge in [0.15, 0.2) is 0 Å². The van der Waals surface area contributed by atoms with Gasteiger partial charge in [0, 0.05) is 0 Å². The zero-order chi connectivity index (χ0) is 7.72. The van der Waals surface area contributed by atoms with Gasteiger partial charge < -0.3 is 5.11 Å². The number of aromatic carboxylic acids is 1. The van der Waals surface area contributed by atoms with Crippen LogP contribution in [-0.4, -0.2) is 16.1 Å². The number of halogens is 1. The Morgan fingerprint density at radius 3 is 2.60 bits per heavy atom. The van der Waals surface area contributed by atoms with Crippen molar-refractivity contribution in [3.8, 4) is 0 Å². The third-order valence-corrected chi connectivity index (χ3v) is 2.36. The monoisotopic (exact) mass is 177 g/mol. The van der Waals surface area contributed by atoms with Crippen molar-refractivity contribution >= 4 is 28.9 Å². The molecule has 1 aromatic rings. The summed E-state index contributed by atoms with van der Waals surface area (Å²) in [4.78, 5) is 14.0. The smallest absolute Gasteiger partial charge is 0.365 e. The molecule has 0 bridgehead atoms. The summed E-state index contributed by atoms with van der Waals surface area (Å²) < 4.78 is 0.442. The number of carboxylic acids is 1. The van der Waals surface area contributed by atoms with Gasteiger partial charge in [-0.2, -0.15) is 0 Å². The molecule has 10 heavy (non-hydrogen) atoms. The van der Waals surface area contributed by atoms with E-state index in [1.165, 1.54) is 0 Å². The second kappa shape index (κ2) is 2.56. The maximum absolute atomic E-state index is 10.3. The van der Waals surface area contributed by atoms with Crippen LogP contribution in [-0.2, 0) is 0 Å². The molecule has 0 aliphatic heterocycles. The number of carboxylic acid groups (broad SMARTS) is 1. The summed E-state index contributed by atoms with van der Waals surface area (Å²) in [6.45, 7) is 1.67. The van der Waals surface area contributed by atoms with Crippen LogP contribution in [0.3, 0.4) is 0 Å². The molecule has 0 aliphatic carbocycles. The summed E-state index contributed by atoms with van der Waals surface area (Å²) in [5, 5.41) is 8.46. The molecule has 0 saturated carbocycles. The molecule has 1 aromatic heterocycles. The predicted molar refractivity (Wildman–Crippen MR) is 38.8 cm³/mol. The summed E-state index contributed by atoms with van der Waals surface area (Å²) in [6, 6.07) is 0. The van der Waals surface area contributed by atoms with Crippen molar-refractivity contribution in [3.05, 3.63) is 15.0 Å². The number of thiazole rings is 1. The fourth-order valence-electron chi connectivity index (χ4n) is 0.469. The largest absolute Gasteiger partial charge is 0.476 e. The third kappa shape index (κ3) is 1.27. The molecule has 0 saturated heterocycles. The molecule has 0 amide bonds. The first-order chi connectivity index (χ1) is 4.61. The van der Waals surface area contributed by atoms with E-state index >= 15 is 0 Å². The first-order valence-corrected chi connectivity index (χ1v) is 3.67. The van der Waals surface area contributed by atoms with Crippen LogP contribution in [0.25, 0.3) is 0 Å². The topological polar surface area (TPSA) is 50.2 Å². The highest BCUT2D eigenvalue weighted by atomic mass is 35.5. The van der Waals surface area contributed by atoms with Gasteiger partial charge >= 0.3 is 5.97 Å². The molecular weight excluding hydrogens is 174 g/mol. The van der Waals surface area contributed by atoms with Crippen LogP contribution in [0, 0.1) is 6.92 Å². The van der Waals surface area contributed by atoms with E-state index in [0.717, 1.165) is 11.3 Å². The van der Waals surface area contributed by atoms with Crippen LogP contribution in [0.15, 0.2) is 0 Å². The molecule has 54 valence electrons. The highest BCUT2D eigenvalue weighted by molar-refractivity contribution is 7.17. The fourth-order valence-corrected chi connectivity index (χ4v) is 1.36. The van der Waals surface area contributed by atoms with Crippen molar-refractivity contribution in [2.75, 3.05) is 0 Å². The van der Waals surface area contributed by atoms with E-state index in [1.54, 1.807) is 6.92 Å². The molecule has 0 aromatic carbocycles.